The van der Waals surface area contributed by atoms with E-state index in [4.69, 9.17) is 9.84 Å². The van der Waals surface area contributed by atoms with E-state index >= 15 is 0 Å². The van der Waals surface area contributed by atoms with Crippen LogP contribution in [0.1, 0.15) is 15.9 Å². The normalized spacial score (nSPS) is 11.8. The van der Waals surface area contributed by atoms with Crippen LogP contribution in [0, 0.1) is 0 Å². The van der Waals surface area contributed by atoms with Gasteiger partial charge < -0.3 is 9.84 Å². The van der Waals surface area contributed by atoms with Crippen LogP contribution in [0.4, 0.5) is 0 Å². The Balaban J connectivity index is 1.92. The fourth-order valence-electron chi connectivity index (χ4n) is 2.28. The third-order valence-corrected chi connectivity index (χ3v) is 4.75. The van der Waals surface area contributed by atoms with Crippen molar-refractivity contribution in [2.75, 3.05) is 0 Å². The Hall–Kier alpha value is -2.45. The highest BCUT2D eigenvalue weighted by atomic mass is 79.9. The van der Waals surface area contributed by atoms with E-state index in [2.05, 4.69) is 37.0 Å². The predicted molar refractivity (Wildman–Crippen MR) is 102 cm³/mol. The van der Waals surface area contributed by atoms with Crippen molar-refractivity contribution in [3.05, 3.63) is 76.5 Å². The van der Waals surface area contributed by atoms with Crippen LogP contribution in [0.15, 0.2) is 65.4 Å². The highest BCUT2D eigenvalue weighted by molar-refractivity contribution is 9.10. The summed E-state index contributed by atoms with van der Waals surface area (Å²) in [5.74, 6) is -1.33. The summed E-state index contributed by atoms with van der Waals surface area (Å²) in [4.78, 5) is 23.8. The van der Waals surface area contributed by atoms with Gasteiger partial charge in [0.2, 0.25) is 5.01 Å². The maximum Gasteiger partial charge on any atom is 0.356 e. The van der Waals surface area contributed by atoms with Gasteiger partial charge in [0.15, 0.2) is 5.78 Å². The third kappa shape index (κ3) is 3.86. The number of halogens is 2. The molecule has 0 radical (unpaired) electrons. The lowest BCUT2D eigenvalue weighted by atomic mass is 10.1. The van der Waals surface area contributed by atoms with Crippen molar-refractivity contribution < 1.29 is 19.4 Å². The number of ether oxygens (including phenoxy) is 1. The van der Waals surface area contributed by atoms with E-state index in [1.54, 1.807) is 35.1 Å². The summed E-state index contributed by atoms with van der Waals surface area (Å²) < 4.78 is 7.75. The van der Waals surface area contributed by atoms with E-state index < -0.39 is 11.0 Å². The van der Waals surface area contributed by atoms with Crippen LogP contribution in [0.25, 0.3) is 5.69 Å². The number of benzene rings is 2. The largest absolute Gasteiger partial charge is 0.478 e. The van der Waals surface area contributed by atoms with Crippen molar-refractivity contribution in [2.45, 2.75) is 5.01 Å². The molecule has 8 heteroatoms. The summed E-state index contributed by atoms with van der Waals surface area (Å²) in [6.45, 7) is 0. The van der Waals surface area contributed by atoms with Gasteiger partial charge in [0.25, 0.3) is 0 Å². The molecule has 1 unspecified atom stereocenters. The molecular formula is C18H12Br2N2O4. The zero-order valence-electron chi connectivity index (χ0n) is 13.2. The zero-order valence-corrected chi connectivity index (χ0v) is 16.3. The van der Waals surface area contributed by atoms with E-state index in [1.807, 2.05) is 24.3 Å². The summed E-state index contributed by atoms with van der Waals surface area (Å²) in [6, 6.07) is 14.0. The van der Waals surface area contributed by atoms with Gasteiger partial charge in [-0.1, -0.05) is 24.3 Å². The smallest absolute Gasteiger partial charge is 0.356 e. The number of carboxylic acids is 1. The van der Waals surface area contributed by atoms with E-state index in [0.29, 0.717) is 5.56 Å². The first-order valence-corrected chi connectivity index (χ1v) is 9.15. The minimum absolute atomic E-state index is 0.176. The van der Waals surface area contributed by atoms with Crippen molar-refractivity contribution in [3.63, 3.8) is 0 Å². The van der Waals surface area contributed by atoms with Gasteiger partial charge in [-0.05, 0) is 56.1 Å². The average molecular weight is 480 g/mol. The Kier molecular flexibility index (Phi) is 5.53. The second kappa shape index (κ2) is 7.84. The van der Waals surface area contributed by atoms with Gasteiger partial charge in [0, 0.05) is 10.7 Å². The number of hydrogen-bond acceptors (Lipinski definition) is 4. The van der Waals surface area contributed by atoms with Gasteiger partial charge in [-0.3, -0.25) is 4.79 Å². The molecule has 0 aliphatic heterocycles. The second-order valence-electron chi connectivity index (χ2n) is 5.22. The van der Waals surface area contributed by atoms with Crippen molar-refractivity contribution in [3.8, 4) is 11.4 Å². The van der Waals surface area contributed by atoms with Crippen molar-refractivity contribution in [2.24, 2.45) is 0 Å². The quantitative estimate of drug-likeness (QED) is 0.426. The Morgan fingerprint density at radius 1 is 1.12 bits per heavy atom. The van der Waals surface area contributed by atoms with E-state index in [9.17, 15) is 9.59 Å². The molecule has 0 fully saturated rings. The molecule has 6 nitrogen and oxygen atoms in total. The third-order valence-electron chi connectivity index (χ3n) is 3.50. The van der Waals surface area contributed by atoms with E-state index in [-0.39, 0.29) is 17.1 Å². The molecule has 0 aliphatic rings. The van der Waals surface area contributed by atoms with Crippen LogP contribution in [0.2, 0.25) is 0 Å². The number of para-hydroxylation sites is 2. The molecule has 0 bridgehead atoms. The SMILES string of the molecule is O=C(c1cnn(-c2ccccc2Br)c1)c1ccccc1OC(Br)C(=O)O. The van der Waals surface area contributed by atoms with Gasteiger partial charge in [-0.15, -0.1) is 0 Å². The van der Waals surface area contributed by atoms with E-state index in [0.717, 1.165) is 10.2 Å². The monoisotopic (exact) mass is 478 g/mol. The predicted octanol–water partition coefficient (Wildman–Crippen LogP) is 4.05. The Bertz CT molecular complexity index is 971. The topological polar surface area (TPSA) is 81.4 Å². The number of hydrogen-bond donors (Lipinski definition) is 1. The van der Waals surface area contributed by atoms with Crippen molar-refractivity contribution in [1.82, 2.24) is 9.78 Å². The molecule has 2 aromatic carbocycles. The highest BCUT2D eigenvalue weighted by Crippen LogP contribution is 2.25. The molecule has 0 spiro atoms. The molecular weight excluding hydrogens is 468 g/mol. The van der Waals surface area contributed by atoms with Gasteiger partial charge in [0.05, 0.1) is 23.0 Å². The molecule has 0 saturated carbocycles. The first-order valence-electron chi connectivity index (χ1n) is 7.44. The molecule has 132 valence electrons. The van der Waals surface area contributed by atoms with E-state index in [1.165, 1.54) is 6.20 Å². The number of aromatic nitrogens is 2. The van der Waals surface area contributed by atoms with Crippen LogP contribution in [-0.2, 0) is 4.79 Å². The molecule has 1 heterocycles. The number of ketones is 1. The lowest BCUT2D eigenvalue weighted by Gasteiger charge is -2.12. The van der Waals surface area contributed by atoms with Crippen molar-refractivity contribution >= 4 is 43.6 Å². The van der Waals surface area contributed by atoms with Crippen molar-refractivity contribution in [1.29, 1.82) is 0 Å². The molecule has 3 aromatic rings. The van der Waals surface area contributed by atoms with Crippen LogP contribution < -0.4 is 4.74 Å². The first kappa shape index (κ1) is 18.3. The number of nitrogens with zero attached hydrogens (tertiary/aromatic N) is 2. The number of carbonyl (C=O) groups is 2. The van der Waals surface area contributed by atoms with Crippen LogP contribution in [0.5, 0.6) is 5.75 Å². The standard InChI is InChI=1S/C18H12Br2N2O4/c19-13-6-2-3-7-14(13)22-10-11(9-21-22)16(23)12-5-1-4-8-15(12)26-17(20)18(24)25/h1-10,17H,(H,24,25). The Labute approximate surface area is 165 Å². The molecule has 0 saturated heterocycles. The van der Waals surface area contributed by atoms with Gasteiger partial charge in [0.1, 0.15) is 5.75 Å². The molecule has 0 aliphatic carbocycles. The van der Waals surface area contributed by atoms with Gasteiger partial charge >= 0.3 is 5.97 Å². The van der Waals surface area contributed by atoms with Crippen LogP contribution in [0.3, 0.4) is 0 Å². The lowest BCUT2D eigenvalue weighted by molar-refractivity contribution is -0.140. The Morgan fingerprint density at radius 3 is 2.54 bits per heavy atom. The summed E-state index contributed by atoms with van der Waals surface area (Å²) >= 11 is 6.36. The fraction of sp³-hybridized carbons (Fsp3) is 0.0556. The molecule has 1 N–H and O–H groups in total. The number of rotatable bonds is 6. The number of carbonyl (C=O) groups excluding carboxylic acids is 1. The Morgan fingerprint density at radius 2 is 1.81 bits per heavy atom. The maximum absolute atomic E-state index is 12.8. The maximum atomic E-state index is 12.8. The molecule has 3 rings (SSSR count). The molecule has 1 aromatic heterocycles. The second-order valence-corrected chi connectivity index (χ2v) is 6.91. The van der Waals surface area contributed by atoms with Crippen LogP contribution >= 0.6 is 31.9 Å². The van der Waals surface area contributed by atoms with Crippen LogP contribution in [-0.4, -0.2) is 31.7 Å². The van der Waals surface area contributed by atoms with Gasteiger partial charge in [-0.25, -0.2) is 9.48 Å². The first-order chi connectivity index (χ1) is 12.5. The minimum Gasteiger partial charge on any atom is -0.478 e. The fourth-order valence-corrected chi connectivity index (χ4v) is 2.95. The molecule has 0 amide bonds. The molecule has 1 atom stereocenters. The number of aliphatic carboxylic acids is 1. The summed E-state index contributed by atoms with van der Waals surface area (Å²) in [5.41, 5.74) is 1.41. The average Bonchev–Trinajstić information content (AvgIpc) is 3.11. The number of carboxylic acid groups (broad SMARTS) is 1. The summed E-state index contributed by atoms with van der Waals surface area (Å²) in [5, 5.41) is 12.0. The summed E-state index contributed by atoms with van der Waals surface area (Å²) in [6.07, 6.45) is 3.07. The minimum atomic E-state index is -1.25. The summed E-state index contributed by atoms with van der Waals surface area (Å²) in [7, 11) is 0. The van der Waals surface area contributed by atoms with Gasteiger partial charge in [-0.2, -0.15) is 5.10 Å². The number of alkyl halides is 1. The zero-order chi connectivity index (χ0) is 18.7. The highest BCUT2D eigenvalue weighted by Gasteiger charge is 2.21. The molecule has 26 heavy (non-hydrogen) atoms. The lowest BCUT2D eigenvalue weighted by Crippen LogP contribution is -2.20.